The molecule has 0 amide bonds. The van der Waals surface area contributed by atoms with Crippen molar-refractivity contribution in [3.8, 4) is 0 Å². The summed E-state index contributed by atoms with van der Waals surface area (Å²) < 4.78 is 24.9. The summed E-state index contributed by atoms with van der Waals surface area (Å²) in [4.78, 5) is 18.0. The van der Waals surface area contributed by atoms with Gasteiger partial charge in [-0.2, -0.15) is 12.7 Å². The van der Waals surface area contributed by atoms with E-state index < -0.39 is 27.8 Å². The molecule has 1 aliphatic heterocycles. The molecule has 0 spiro atoms. The van der Waals surface area contributed by atoms with Crippen LogP contribution in [0, 0.1) is 0 Å². The monoisotopic (exact) mass is 280 g/mol. The summed E-state index contributed by atoms with van der Waals surface area (Å²) in [5.74, 6) is -1.13. The lowest BCUT2D eigenvalue weighted by Crippen LogP contribution is -2.53. The lowest BCUT2D eigenvalue weighted by molar-refractivity contribution is -0.142. The van der Waals surface area contributed by atoms with Gasteiger partial charge in [0.25, 0.3) is 0 Å². The molecule has 1 rings (SSSR count). The molecule has 0 aromatic carbocycles. The SMILES string of the molecule is CC(C)(C)ONS(=O)(=O)N1CCCCC1C(=O)O. The number of carbonyl (C=O) groups is 1. The number of piperidine rings is 1. The van der Waals surface area contributed by atoms with Crippen molar-refractivity contribution >= 4 is 16.2 Å². The minimum Gasteiger partial charge on any atom is -0.480 e. The molecule has 1 atom stereocenters. The zero-order valence-corrected chi connectivity index (χ0v) is 11.7. The van der Waals surface area contributed by atoms with Crippen molar-refractivity contribution in [2.75, 3.05) is 6.54 Å². The van der Waals surface area contributed by atoms with Crippen molar-refractivity contribution in [2.24, 2.45) is 0 Å². The Labute approximate surface area is 107 Å². The third-order valence-electron chi connectivity index (χ3n) is 2.50. The van der Waals surface area contributed by atoms with Gasteiger partial charge in [-0.1, -0.05) is 4.89 Å². The van der Waals surface area contributed by atoms with Gasteiger partial charge in [-0.3, -0.25) is 9.63 Å². The minimum atomic E-state index is -3.93. The Kier molecular flexibility index (Phi) is 4.71. The maximum Gasteiger partial charge on any atom is 0.322 e. The summed E-state index contributed by atoms with van der Waals surface area (Å²) in [6.45, 7) is 5.28. The number of rotatable bonds is 4. The highest BCUT2D eigenvalue weighted by Gasteiger charge is 2.37. The van der Waals surface area contributed by atoms with Crippen molar-refractivity contribution in [1.82, 2.24) is 9.19 Å². The molecule has 0 radical (unpaired) electrons. The lowest BCUT2D eigenvalue weighted by Gasteiger charge is -2.32. The number of hydrogen-bond acceptors (Lipinski definition) is 4. The Morgan fingerprint density at radius 2 is 2.00 bits per heavy atom. The molecular formula is C10H20N2O5S. The van der Waals surface area contributed by atoms with E-state index in [1.165, 1.54) is 0 Å². The highest BCUT2D eigenvalue weighted by atomic mass is 32.2. The highest BCUT2D eigenvalue weighted by Crippen LogP contribution is 2.20. The summed E-state index contributed by atoms with van der Waals surface area (Å²) in [5.41, 5.74) is -0.679. The molecule has 0 bridgehead atoms. The zero-order chi connectivity index (χ0) is 14.0. The first-order chi connectivity index (χ1) is 8.13. The third-order valence-corrected chi connectivity index (χ3v) is 3.85. The van der Waals surface area contributed by atoms with Crippen molar-refractivity contribution in [2.45, 2.75) is 51.7 Å². The van der Waals surface area contributed by atoms with Gasteiger partial charge in [-0.05, 0) is 40.0 Å². The van der Waals surface area contributed by atoms with E-state index in [1.807, 2.05) is 4.89 Å². The summed E-state index contributed by atoms with van der Waals surface area (Å²) in [6, 6.07) is -1.01. The van der Waals surface area contributed by atoms with Crippen molar-refractivity contribution in [3.63, 3.8) is 0 Å². The van der Waals surface area contributed by atoms with Gasteiger partial charge in [0.1, 0.15) is 6.04 Å². The molecule has 0 aromatic heterocycles. The van der Waals surface area contributed by atoms with E-state index in [4.69, 9.17) is 9.94 Å². The van der Waals surface area contributed by atoms with Crippen molar-refractivity contribution in [1.29, 1.82) is 0 Å². The second-order valence-electron chi connectivity index (χ2n) is 5.26. The average molecular weight is 280 g/mol. The van der Waals surface area contributed by atoms with Gasteiger partial charge in [0, 0.05) is 6.54 Å². The van der Waals surface area contributed by atoms with Crippen LogP contribution < -0.4 is 4.89 Å². The first kappa shape index (κ1) is 15.4. The molecule has 0 aromatic rings. The Bertz CT molecular complexity index is 401. The number of nitrogens with zero attached hydrogens (tertiary/aromatic N) is 1. The molecule has 0 aliphatic carbocycles. The Hall–Kier alpha value is -0.700. The lowest BCUT2D eigenvalue weighted by atomic mass is 10.1. The van der Waals surface area contributed by atoms with E-state index in [0.29, 0.717) is 19.3 Å². The molecule has 1 heterocycles. The van der Waals surface area contributed by atoms with Gasteiger partial charge >= 0.3 is 16.2 Å². The topological polar surface area (TPSA) is 95.9 Å². The van der Waals surface area contributed by atoms with E-state index in [0.717, 1.165) is 4.31 Å². The van der Waals surface area contributed by atoms with Crippen LogP contribution in [0.4, 0.5) is 0 Å². The fourth-order valence-electron chi connectivity index (χ4n) is 1.67. The van der Waals surface area contributed by atoms with Crippen LogP contribution in [-0.2, 0) is 19.8 Å². The van der Waals surface area contributed by atoms with Crippen LogP contribution in [0.3, 0.4) is 0 Å². The first-order valence-electron chi connectivity index (χ1n) is 5.83. The van der Waals surface area contributed by atoms with E-state index in [-0.39, 0.29) is 6.54 Å². The molecule has 1 fully saturated rings. The second kappa shape index (κ2) is 5.52. The van der Waals surface area contributed by atoms with Crippen LogP contribution in [0.5, 0.6) is 0 Å². The molecule has 1 saturated heterocycles. The van der Waals surface area contributed by atoms with Crippen LogP contribution in [0.15, 0.2) is 0 Å². The predicted octanol–water partition coefficient (Wildman–Crippen LogP) is 0.490. The van der Waals surface area contributed by atoms with E-state index in [1.54, 1.807) is 20.8 Å². The molecule has 0 saturated carbocycles. The van der Waals surface area contributed by atoms with Gasteiger partial charge in [0.15, 0.2) is 0 Å². The van der Waals surface area contributed by atoms with Crippen LogP contribution >= 0.6 is 0 Å². The van der Waals surface area contributed by atoms with Crippen LogP contribution in [-0.4, -0.2) is 42.0 Å². The zero-order valence-electron chi connectivity index (χ0n) is 10.8. The molecule has 7 nitrogen and oxygen atoms in total. The van der Waals surface area contributed by atoms with E-state index in [9.17, 15) is 13.2 Å². The van der Waals surface area contributed by atoms with Gasteiger partial charge < -0.3 is 5.11 Å². The summed E-state index contributed by atoms with van der Waals surface area (Å²) in [5, 5.41) is 9.03. The van der Waals surface area contributed by atoms with Gasteiger partial charge in [-0.15, -0.1) is 0 Å². The van der Waals surface area contributed by atoms with Crippen molar-refractivity contribution in [3.05, 3.63) is 0 Å². The first-order valence-corrected chi connectivity index (χ1v) is 7.27. The number of nitrogens with one attached hydrogen (secondary N) is 1. The Morgan fingerprint density at radius 3 is 2.50 bits per heavy atom. The quantitative estimate of drug-likeness (QED) is 0.731. The smallest absolute Gasteiger partial charge is 0.322 e. The third kappa shape index (κ3) is 4.20. The van der Waals surface area contributed by atoms with Crippen LogP contribution in [0.25, 0.3) is 0 Å². The maximum absolute atomic E-state index is 12.0. The number of carboxylic acid groups (broad SMARTS) is 1. The van der Waals surface area contributed by atoms with Crippen LogP contribution in [0.1, 0.15) is 40.0 Å². The van der Waals surface area contributed by atoms with E-state index >= 15 is 0 Å². The normalized spacial score (nSPS) is 22.9. The second-order valence-corrected chi connectivity index (χ2v) is 6.85. The minimum absolute atomic E-state index is 0.194. The molecule has 1 aliphatic rings. The molecule has 1 unspecified atom stereocenters. The number of aliphatic carboxylic acids is 1. The van der Waals surface area contributed by atoms with Gasteiger partial charge in [-0.25, -0.2) is 0 Å². The average Bonchev–Trinajstić information content (AvgIpc) is 2.26. The van der Waals surface area contributed by atoms with E-state index in [2.05, 4.69) is 0 Å². The summed E-state index contributed by atoms with van der Waals surface area (Å²) in [7, 11) is -3.93. The standard InChI is InChI=1S/C10H20N2O5S/c1-10(2,3)17-11-18(15,16)12-7-5-4-6-8(12)9(13)14/h8,11H,4-7H2,1-3H3,(H,13,14). The predicted molar refractivity (Wildman–Crippen MR) is 64.9 cm³/mol. The van der Waals surface area contributed by atoms with Gasteiger partial charge in [0.2, 0.25) is 0 Å². The number of hydrogen-bond donors (Lipinski definition) is 2. The molecule has 2 N–H and O–H groups in total. The fraction of sp³-hybridized carbons (Fsp3) is 0.900. The molecule has 18 heavy (non-hydrogen) atoms. The Morgan fingerprint density at radius 1 is 1.39 bits per heavy atom. The highest BCUT2D eigenvalue weighted by molar-refractivity contribution is 7.87. The van der Waals surface area contributed by atoms with Gasteiger partial charge in [0.05, 0.1) is 5.60 Å². The summed E-state index contributed by atoms with van der Waals surface area (Å²) in [6.07, 6.45) is 1.69. The maximum atomic E-state index is 12.0. The fourth-order valence-corrected chi connectivity index (χ4v) is 3.02. The number of carboxylic acids is 1. The van der Waals surface area contributed by atoms with Crippen LogP contribution in [0.2, 0.25) is 0 Å². The van der Waals surface area contributed by atoms with Crippen molar-refractivity contribution < 1.29 is 23.2 Å². The Balaban J connectivity index is 2.78. The largest absolute Gasteiger partial charge is 0.480 e. The molecule has 106 valence electrons. The molecular weight excluding hydrogens is 260 g/mol. The summed E-state index contributed by atoms with van der Waals surface area (Å²) >= 11 is 0. The molecule has 8 heteroatoms.